The number of rotatable bonds is 4. The minimum absolute atomic E-state index is 0. The van der Waals surface area contributed by atoms with Crippen LogP contribution in [-0.4, -0.2) is 38.3 Å². The number of aliphatic imine (C=N–C) groups is 1. The first-order valence-corrected chi connectivity index (χ1v) is 8.37. The Bertz CT molecular complexity index is 731. The molecule has 0 spiro atoms. The molecule has 1 aromatic carbocycles. The summed E-state index contributed by atoms with van der Waals surface area (Å²) in [5, 5.41) is 2.78. The molecule has 0 radical (unpaired) electrons. The molecule has 1 aliphatic heterocycles. The van der Waals surface area contributed by atoms with E-state index in [2.05, 4.69) is 15.0 Å². The lowest BCUT2D eigenvalue weighted by Crippen LogP contribution is -2.51. The maximum absolute atomic E-state index is 12.1. The average molecular weight is 361 g/mol. The van der Waals surface area contributed by atoms with E-state index < -0.39 is 21.6 Å². The van der Waals surface area contributed by atoms with Crippen LogP contribution in [0.15, 0.2) is 34.2 Å². The van der Waals surface area contributed by atoms with Crippen molar-refractivity contribution in [3.63, 3.8) is 0 Å². The fourth-order valence-electron chi connectivity index (χ4n) is 1.97. The largest absolute Gasteiger partial charge is 0.348 e. The van der Waals surface area contributed by atoms with Crippen LogP contribution in [0.3, 0.4) is 0 Å². The normalized spacial score (nSPS) is 18.5. The topological polar surface area (TPSA) is 114 Å². The summed E-state index contributed by atoms with van der Waals surface area (Å²) in [4.78, 5) is 16.5. The van der Waals surface area contributed by atoms with Crippen molar-refractivity contribution in [2.75, 3.05) is 6.54 Å². The molecule has 1 unspecified atom stereocenters. The van der Waals surface area contributed by atoms with Crippen molar-refractivity contribution in [3.05, 3.63) is 29.8 Å². The highest BCUT2D eigenvalue weighted by atomic mass is 35.5. The Morgan fingerprint density at radius 3 is 2.61 bits per heavy atom. The van der Waals surface area contributed by atoms with Crippen LogP contribution in [0.5, 0.6) is 0 Å². The van der Waals surface area contributed by atoms with E-state index in [1.807, 2.05) is 0 Å². The van der Waals surface area contributed by atoms with Gasteiger partial charge in [0, 0.05) is 17.6 Å². The molecule has 0 aliphatic carbocycles. The number of nitrogens with one attached hydrogen (secondary N) is 2. The van der Waals surface area contributed by atoms with E-state index in [9.17, 15) is 13.2 Å². The van der Waals surface area contributed by atoms with Crippen LogP contribution in [-0.2, 0) is 14.8 Å². The zero-order chi connectivity index (χ0) is 16.5. The highest BCUT2D eigenvalue weighted by molar-refractivity contribution is 7.90. The quantitative estimate of drug-likeness (QED) is 0.720. The SMILES string of the molecule is CC(N=C1NS(=O)(=O)c2ccccc21)C(=O)NC(C)(C)CN.Cl. The van der Waals surface area contributed by atoms with Gasteiger partial charge in [0.05, 0.1) is 4.90 Å². The second-order valence-corrected chi connectivity index (χ2v) is 7.48. The van der Waals surface area contributed by atoms with Gasteiger partial charge in [-0.15, -0.1) is 12.4 Å². The summed E-state index contributed by atoms with van der Waals surface area (Å²) in [5.41, 5.74) is 5.50. The van der Waals surface area contributed by atoms with Crippen molar-refractivity contribution < 1.29 is 13.2 Å². The van der Waals surface area contributed by atoms with Crippen molar-refractivity contribution in [3.8, 4) is 0 Å². The number of halogens is 1. The Balaban J connectivity index is 0.00000264. The Hall–Kier alpha value is -1.64. The number of fused-ring (bicyclic) bond motifs is 1. The van der Waals surface area contributed by atoms with E-state index in [1.165, 1.54) is 6.07 Å². The molecule has 1 atom stereocenters. The minimum Gasteiger partial charge on any atom is -0.348 e. The summed E-state index contributed by atoms with van der Waals surface area (Å²) >= 11 is 0. The van der Waals surface area contributed by atoms with Gasteiger partial charge in [-0.05, 0) is 32.9 Å². The monoisotopic (exact) mass is 360 g/mol. The van der Waals surface area contributed by atoms with Gasteiger partial charge < -0.3 is 11.1 Å². The summed E-state index contributed by atoms with van der Waals surface area (Å²) in [6.07, 6.45) is 0. The molecule has 4 N–H and O–H groups in total. The number of nitrogens with zero attached hydrogens (tertiary/aromatic N) is 1. The molecule has 1 amide bonds. The van der Waals surface area contributed by atoms with Crippen LogP contribution < -0.4 is 15.8 Å². The van der Waals surface area contributed by atoms with E-state index in [0.717, 1.165) is 0 Å². The number of amidine groups is 1. The molecule has 2 rings (SSSR count). The molecule has 0 saturated carbocycles. The summed E-state index contributed by atoms with van der Waals surface area (Å²) < 4.78 is 26.3. The smallest absolute Gasteiger partial charge is 0.263 e. The predicted molar refractivity (Wildman–Crippen MR) is 91.3 cm³/mol. The van der Waals surface area contributed by atoms with E-state index in [-0.39, 0.29) is 35.6 Å². The third-order valence-electron chi connectivity index (χ3n) is 3.34. The molecule has 9 heteroatoms. The first-order valence-electron chi connectivity index (χ1n) is 6.88. The predicted octanol–water partition coefficient (Wildman–Crippen LogP) is 0.389. The van der Waals surface area contributed by atoms with Gasteiger partial charge in [-0.2, -0.15) is 0 Å². The molecule has 1 aliphatic rings. The van der Waals surface area contributed by atoms with Gasteiger partial charge in [0.2, 0.25) is 5.91 Å². The van der Waals surface area contributed by atoms with Gasteiger partial charge in [0.15, 0.2) is 0 Å². The number of hydrogen-bond acceptors (Lipinski definition) is 5. The Kier molecular flexibility index (Phi) is 5.79. The number of benzene rings is 1. The molecular formula is C14H21ClN4O3S. The van der Waals surface area contributed by atoms with Crippen LogP contribution in [0.1, 0.15) is 26.3 Å². The molecule has 0 saturated heterocycles. The van der Waals surface area contributed by atoms with Crippen molar-refractivity contribution >= 4 is 34.2 Å². The minimum atomic E-state index is -3.60. The second-order valence-electron chi connectivity index (χ2n) is 5.83. The number of carbonyl (C=O) groups is 1. The van der Waals surface area contributed by atoms with Gasteiger partial charge in [-0.25, -0.2) is 8.42 Å². The van der Waals surface area contributed by atoms with Crippen molar-refractivity contribution in [1.29, 1.82) is 0 Å². The number of nitrogens with two attached hydrogens (primary N) is 1. The fourth-order valence-corrected chi connectivity index (χ4v) is 3.21. The summed E-state index contributed by atoms with van der Waals surface area (Å²) in [7, 11) is -3.60. The fraction of sp³-hybridized carbons (Fsp3) is 0.429. The molecule has 1 heterocycles. The number of sulfonamides is 1. The molecule has 128 valence electrons. The Labute approximate surface area is 142 Å². The lowest BCUT2D eigenvalue weighted by molar-refractivity contribution is -0.123. The van der Waals surface area contributed by atoms with Crippen molar-refractivity contribution in [1.82, 2.24) is 10.0 Å². The number of carbonyl (C=O) groups excluding carboxylic acids is 1. The van der Waals surface area contributed by atoms with Gasteiger partial charge in [0.1, 0.15) is 11.9 Å². The molecule has 0 bridgehead atoms. The Morgan fingerprint density at radius 1 is 1.39 bits per heavy atom. The molecular weight excluding hydrogens is 340 g/mol. The molecule has 0 fully saturated rings. The van der Waals surface area contributed by atoms with Crippen molar-refractivity contribution in [2.24, 2.45) is 10.7 Å². The molecule has 1 aromatic rings. The van der Waals surface area contributed by atoms with Crippen LogP contribution in [0.4, 0.5) is 0 Å². The van der Waals surface area contributed by atoms with Gasteiger partial charge >= 0.3 is 0 Å². The van der Waals surface area contributed by atoms with Gasteiger partial charge in [-0.3, -0.25) is 14.5 Å². The molecule has 7 nitrogen and oxygen atoms in total. The highest BCUT2D eigenvalue weighted by Crippen LogP contribution is 2.22. The third-order valence-corrected chi connectivity index (χ3v) is 4.73. The summed E-state index contributed by atoms with van der Waals surface area (Å²) in [6.45, 7) is 5.50. The zero-order valence-corrected chi connectivity index (χ0v) is 14.8. The maximum Gasteiger partial charge on any atom is 0.263 e. The first kappa shape index (κ1) is 19.4. The highest BCUT2D eigenvalue weighted by Gasteiger charge is 2.31. The Morgan fingerprint density at radius 2 is 2.00 bits per heavy atom. The van der Waals surface area contributed by atoms with E-state index in [1.54, 1.807) is 39.0 Å². The van der Waals surface area contributed by atoms with Crippen LogP contribution in [0.25, 0.3) is 0 Å². The summed E-state index contributed by atoms with van der Waals surface area (Å²) in [5.74, 6) is -0.129. The van der Waals surface area contributed by atoms with Crippen LogP contribution >= 0.6 is 12.4 Å². The van der Waals surface area contributed by atoms with E-state index in [0.29, 0.717) is 5.56 Å². The van der Waals surface area contributed by atoms with E-state index >= 15 is 0 Å². The average Bonchev–Trinajstić information content (AvgIpc) is 2.70. The molecule has 23 heavy (non-hydrogen) atoms. The first-order chi connectivity index (χ1) is 10.2. The van der Waals surface area contributed by atoms with Gasteiger partial charge in [-0.1, -0.05) is 12.1 Å². The van der Waals surface area contributed by atoms with E-state index in [4.69, 9.17) is 5.73 Å². The standard InChI is InChI=1S/C14H20N4O3S.ClH/c1-9(13(19)17-14(2,3)8-15)16-12-10-6-4-5-7-11(10)22(20,21)18-12;/h4-7,9H,8,15H2,1-3H3,(H,16,18)(H,17,19);1H. The van der Waals surface area contributed by atoms with Crippen LogP contribution in [0, 0.1) is 0 Å². The molecule has 0 aromatic heterocycles. The lowest BCUT2D eigenvalue weighted by Gasteiger charge is -2.25. The third kappa shape index (κ3) is 4.21. The number of amides is 1. The van der Waals surface area contributed by atoms with Gasteiger partial charge in [0.25, 0.3) is 10.0 Å². The van der Waals surface area contributed by atoms with Crippen molar-refractivity contribution in [2.45, 2.75) is 37.2 Å². The lowest BCUT2D eigenvalue weighted by atomic mass is 10.1. The summed E-state index contributed by atoms with van der Waals surface area (Å²) in [6, 6.07) is 5.78. The second kappa shape index (κ2) is 6.86. The maximum atomic E-state index is 12.1. The zero-order valence-electron chi connectivity index (χ0n) is 13.2. The van der Waals surface area contributed by atoms with Crippen LogP contribution in [0.2, 0.25) is 0 Å². The number of hydrogen-bond donors (Lipinski definition) is 3.